The molecule has 0 heterocycles. The van der Waals surface area contributed by atoms with Crippen molar-refractivity contribution in [3.63, 3.8) is 0 Å². The van der Waals surface area contributed by atoms with Crippen LogP contribution in [0.5, 0.6) is 0 Å². The Labute approximate surface area is 57.5 Å². The van der Waals surface area contributed by atoms with E-state index >= 15 is 0 Å². The summed E-state index contributed by atoms with van der Waals surface area (Å²) in [5.74, 6) is -13.9. The molecule has 1 rings (SSSR count). The Morgan fingerprint density at radius 2 is 1.18 bits per heavy atom. The zero-order valence-electron chi connectivity index (χ0n) is 4.83. The number of Topliss-reactive ketones (excluding diaryl/α,β-unsaturated/α-hetero) is 2. The van der Waals surface area contributed by atoms with Gasteiger partial charge in [0, 0.05) is 0 Å². The maximum absolute atomic E-state index is 12.0. The van der Waals surface area contributed by atoms with Crippen molar-refractivity contribution < 1.29 is 27.2 Å². The van der Waals surface area contributed by atoms with E-state index in [-0.39, 0.29) is 0 Å². The van der Waals surface area contributed by atoms with Crippen LogP contribution >= 0.6 is 0 Å². The van der Waals surface area contributed by atoms with Crippen LogP contribution in [0.15, 0.2) is 11.7 Å². The van der Waals surface area contributed by atoms with Crippen molar-refractivity contribution in [3.05, 3.63) is 11.7 Å². The minimum atomic E-state index is -4.55. The lowest BCUT2D eigenvalue weighted by Crippen LogP contribution is -2.31. The highest BCUT2D eigenvalue weighted by Crippen LogP contribution is 2.33. The molecule has 60 valence electrons. The van der Waals surface area contributed by atoms with E-state index in [2.05, 4.69) is 0 Å². The number of allylic oxidation sites excluding steroid dienone is 2. The van der Waals surface area contributed by atoms with Gasteiger partial charge in [0.05, 0.1) is 0 Å². The Morgan fingerprint density at radius 1 is 0.909 bits per heavy atom. The third kappa shape index (κ3) is 0.783. The second-order valence-corrected chi connectivity index (χ2v) is 1.86. The molecule has 0 aromatic rings. The van der Waals surface area contributed by atoms with Crippen LogP contribution in [0.1, 0.15) is 0 Å². The predicted octanol–water partition coefficient (Wildman–Crippen LogP) is 0.924. The molecule has 0 fully saturated rings. The monoisotopic (exact) mass is 168 g/mol. The summed E-state index contributed by atoms with van der Waals surface area (Å²) < 4.78 is 47.8. The zero-order valence-corrected chi connectivity index (χ0v) is 4.83. The summed E-state index contributed by atoms with van der Waals surface area (Å²) in [5, 5.41) is 0. The molecule has 1 aliphatic rings. The molecule has 0 N–H and O–H groups in total. The average Bonchev–Trinajstić information content (AvgIpc) is 2.06. The second kappa shape index (κ2) is 1.90. The third-order valence-corrected chi connectivity index (χ3v) is 1.16. The summed E-state index contributed by atoms with van der Waals surface area (Å²) in [6, 6.07) is 0. The first kappa shape index (κ1) is 7.90. The molecule has 0 aliphatic heterocycles. The zero-order chi connectivity index (χ0) is 8.81. The van der Waals surface area contributed by atoms with Crippen LogP contribution in [0.4, 0.5) is 17.6 Å². The van der Waals surface area contributed by atoms with E-state index in [1.165, 1.54) is 0 Å². The molecule has 0 atom stereocenters. The molecular weight excluding hydrogens is 168 g/mol. The van der Waals surface area contributed by atoms with Crippen molar-refractivity contribution in [2.24, 2.45) is 0 Å². The van der Waals surface area contributed by atoms with Gasteiger partial charge in [-0.3, -0.25) is 9.59 Å². The van der Waals surface area contributed by atoms with Gasteiger partial charge in [-0.25, -0.2) is 0 Å². The number of ketones is 2. The molecule has 1 aliphatic carbocycles. The molecule has 2 nitrogen and oxygen atoms in total. The van der Waals surface area contributed by atoms with E-state index in [1.54, 1.807) is 0 Å². The second-order valence-electron chi connectivity index (χ2n) is 1.86. The van der Waals surface area contributed by atoms with Crippen LogP contribution in [0, 0.1) is 0 Å². The van der Waals surface area contributed by atoms with Gasteiger partial charge in [-0.15, -0.1) is 0 Å². The fraction of sp³-hybridized carbons (Fsp3) is 0.200. The number of carbonyl (C=O) groups is 2. The molecule has 0 spiro atoms. The highest BCUT2D eigenvalue weighted by molar-refractivity contribution is 6.27. The molecule has 0 radical (unpaired) electrons. The van der Waals surface area contributed by atoms with Gasteiger partial charge < -0.3 is 0 Å². The van der Waals surface area contributed by atoms with E-state index in [0.29, 0.717) is 0 Å². The minimum absolute atomic E-state index is 2.29. The fourth-order valence-electron chi connectivity index (χ4n) is 0.578. The largest absolute Gasteiger partial charge is 0.376 e. The lowest BCUT2D eigenvalue weighted by molar-refractivity contribution is -0.150. The number of rotatable bonds is 0. The average molecular weight is 168 g/mol. The van der Waals surface area contributed by atoms with Crippen LogP contribution in [0.2, 0.25) is 0 Å². The van der Waals surface area contributed by atoms with Crippen LogP contribution in [-0.2, 0) is 9.59 Å². The van der Waals surface area contributed by atoms with Crippen molar-refractivity contribution in [1.29, 1.82) is 0 Å². The van der Waals surface area contributed by atoms with Crippen molar-refractivity contribution in [2.45, 2.75) is 5.92 Å². The maximum atomic E-state index is 12.0. The highest BCUT2D eigenvalue weighted by atomic mass is 19.3. The molecule has 0 saturated carbocycles. The molecule has 0 saturated heterocycles. The van der Waals surface area contributed by atoms with Gasteiger partial charge in [0.1, 0.15) is 0 Å². The number of halogens is 4. The van der Waals surface area contributed by atoms with Crippen LogP contribution in [-0.4, -0.2) is 17.5 Å². The lowest BCUT2D eigenvalue weighted by Gasteiger charge is -2.00. The molecular formula is C5F4O2. The molecule has 0 amide bonds. The molecule has 0 unspecified atom stereocenters. The smallest absolute Gasteiger partial charge is 0.284 e. The van der Waals surface area contributed by atoms with Gasteiger partial charge in [0.2, 0.25) is 11.7 Å². The predicted molar refractivity (Wildman–Crippen MR) is 24.2 cm³/mol. The van der Waals surface area contributed by atoms with Crippen molar-refractivity contribution in [1.82, 2.24) is 0 Å². The Bertz CT molecular complexity index is 252. The van der Waals surface area contributed by atoms with E-state index in [4.69, 9.17) is 0 Å². The van der Waals surface area contributed by atoms with E-state index in [9.17, 15) is 27.2 Å². The summed E-state index contributed by atoms with van der Waals surface area (Å²) in [7, 11) is 0. The minimum Gasteiger partial charge on any atom is -0.284 e. The van der Waals surface area contributed by atoms with Crippen LogP contribution in [0.3, 0.4) is 0 Å². The Balaban J connectivity index is 3.24. The molecule has 6 heteroatoms. The summed E-state index contributed by atoms with van der Waals surface area (Å²) in [6.45, 7) is 0. The summed E-state index contributed by atoms with van der Waals surface area (Å²) in [5.41, 5.74) is 0. The Kier molecular flexibility index (Phi) is 1.36. The standard InChI is InChI=1S/C5F4O2/c6-1-2(7)4(11)5(8,9)3(1)10. The third-order valence-electron chi connectivity index (χ3n) is 1.16. The van der Waals surface area contributed by atoms with E-state index in [1.807, 2.05) is 0 Å². The SMILES string of the molecule is O=C1C(F)=C(F)C(=O)C1(F)F. The molecule has 11 heavy (non-hydrogen) atoms. The normalized spacial score (nSPS) is 23.3. The highest BCUT2D eigenvalue weighted by Gasteiger charge is 2.58. The van der Waals surface area contributed by atoms with Crippen LogP contribution in [0.25, 0.3) is 0 Å². The van der Waals surface area contributed by atoms with Crippen molar-refractivity contribution in [3.8, 4) is 0 Å². The summed E-state index contributed by atoms with van der Waals surface area (Å²) in [4.78, 5) is 20.0. The topological polar surface area (TPSA) is 34.1 Å². The van der Waals surface area contributed by atoms with E-state index in [0.717, 1.165) is 0 Å². The van der Waals surface area contributed by atoms with Gasteiger partial charge in [-0.1, -0.05) is 0 Å². The maximum Gasteiger partial charge on any atom is 0.376 e. The first-order valence-electron chi connectivity index (χ1n) is 2.41. The first-order valence-corrected chi connectivity index (χ1v) is 2.41. The molecule has 0 bridgehead atoms. The van der Waals surface area contributed by atoms with E-state index < -0.39 is 29.1 Å². The first-order chi connectivity index (χ1) is 4.89. The lowest BCUT2D eigenvalue weighted by atomic mass is 10.2. The van der Waals surface area contributed by atoms with Crippen molar-refractivity contribution in [2.75, 3.05) is 0 Å². The Hall–Kier alpha value is -1.20. The fourth-order valence-corrected chi connectivity index (χ4v) is 0.578. The number of hydrogen-bond donors (Lipinski definition) is 0. The number of hydrogen-bond acceptors (Lipinski definition) is 2. The van der Waals surface area contributed by atoms with Gasteiger partial charge in [-0.2, -0.15) is 17.6 Å². The quantitative estimate of drug-likeness (QED) is 0.398. The summed E-state index contributed by atoms with van der Waals surface area (Å²) in [6.07, 6.45) is 0. The van der Waals surface area contributed by atoms with Crippen LogP contribution < -0.4 is 0 Å². The van der Waals surface area contributed by atoms with Gasteiger partial charge in [0.15, 0.2) is 0 Å². The van der Waals surface area contributed by atoms with Crippen molar-refractivity contribution >= 4 is 11.6 Å². The number of carbonyl (C=O) groups excluding carboxylic acids is 2. The van der Waals surface area contributed by atoms with Gasteiger partial charge in [-0.05, 0) is 0 Å². The summed E-state index contributed by atoms with van der Waals surface area (Å²) >= 11 is 0. The molecule has 0 aromatic heterocycles. The Morgan fingerprint density at radius 3 is 1.27 bits per heavy atom. The molecule has 0 aromatic carbocycles. The van der Waals surface area contributed by atoms with Gasteiger partial charge in [0.25, 0.3) is 11.6 Å². The van der Waals surface area contributed by atoms with Gasteiger partial charge >= 0.3 is 5.92 Å². The number of alkyl halides is 2.